The van der Waals surface area contributed by atoms with Gasteiger partial charge in [-0.3, -0.25) is 25.2 Å². The van der Waals surface area contributed by atoms with E-state index in [1.807, 2.05) is 0 Å². The summed E-state index contributed by atoms with van der Waals surface area (Å²) in [4.78, 5) is 31.8. The standard InChI is InChI=1S/C8H14N2O4S/c1-5(8(13)14)3-15-4-7(12)10-9-6(2)11/h5H,3-4H2,1-2H3,(H,9,11)(H,10,12)(H,13,14). The van der Waals surface area contributed by atoms with Gasteiger partial charge in [0.1, 0.15) is 0 Å². The van der Waals surface area contributed by atoms with Crippen molar-refractivity contribution < 1.29 is 19.5 Å². The second-order valence-electron chi connectivity index (χ2n) is 2.98. The van der Waals surface area contributed by atoms with E-state index in [1.54, 1.807) is 6.92 Å². The first-order valence-corrected chi connectivity index (χ1v) is 5.45. The number of carbonyl (C=O) groups excluding carboxylic acids is 2. The van der Waals surface area contributed by atoms with Gasteiger partial charge in [-0.25, -0.2) is 0 Å². The Bertz CT molecular complexity index is 257. The van der Waals surface area contributed by atoms with Crippen LogP contribution in [0.4, 0.5) is 0 Å². The molecular weight excluding hydrogens is 220 g/mol. The summed E-state index contributed by atoms with van der Waals surface area (Å²) >= 11 is 1.21. The number of carboxylic acid groups (broad SMARTS) is 1. The van der Waals surface area contributed by atoms with Crippen molar-refractivity contribution in [3.05, 3.63) is 0 Å². The van der Waals surface area contributed by atoms with Crippen LogP contribution < -0.4 is 10.9 Å². The molecule has 3 N–H and O–H groups in total. The van der Waals surface area contributed by atoms with Crippen molar-refractivity contribution in [2.24, 2.45) is 5.92 Å². The van der Waals surface area contributed by atoms with Gasteiger partial charge in [0.25, 0.3) is 0 Å². The second-order valence-corrected chi connectivity index (χ2v) is 4.01. The van der Waals surface area contributed by atoms with Gasteiger partial charge >= 0.3 is 5.97 Å². The summed E-state index contributed by atoms with van der Waals surface area (Å²) in [5.74, 6) is -1.59. The summed E-state index contributed by atoms with van der Waals surface area (Å²) in [5, 5.41) is 8.55. The molecule has 0 radical (unpaired) electrons. The third-order valence-corrected chi connectivity index (χ3v) is 2.60. The molecule has 0 aromatic carbocycles. The molecule has 0 bridgehead atoms. The number of rotatable bonds is 5. The first-order valence-electron chi connectivity index (χ1n) is 4.29. The zero-order valence-corrected chi connectivity index (χ0v) is 9.39. The molecule has 0 rings (SSSR count). The minimum absolute atomic E-state index is 0.123. The van der Waals surface area contributed by atoms with Crippen LogP contribution >= 0.6 is 11.8 Å². The smallest absolute Gasteiger partial charge is 0.307 e. The van der Waals surface area contributed by atoms with Gasteiger partial charge in [0.15, 0.2) is 0 Å². The Kier molecular flexibility index (Phi) is 6.52. The number of carboxylic acids is 1. The molecule has 0 aliphatic carbocycles. The first kappa shape index (κ1) is 13.8. The van der Waals surface area contributed by atoms with E-state index in [-0.39, 0.29) is 17.6 Å². The topological polar surface area (TPSA) is 95.5 Å². The van der Waals surface area contributed by atoms with E-state index in [2.05, 4.69) is 10.9 Å². The number of hydrazine groups is 1. The summed E-state index contributed by atoms with van der Waals surface area (Å²) in [6.45, 7) is 2.85. The molecule has 0 fully saturated rings. The SMILES string of the molecule is CC(=O)NNC(=O)CSCC(C)C(=O)O. The van der Waals surface area contributed by atoms with Crippen molar-refractivity contribution in [1.29, 1.82) is 0 Å². The lowest BCUT2D eigenvalue weighted by Crippen LogP contribution is -2.41. The van der Waals surface area contributed by atoms with E-state index < -0.39 is 11.9 Å². The number of hydrogen-bond donors (Lipinski definition) is 3. The van der Waals surface area contributed by atoms with Crippen LogP contribution in [0.25, 0.3) is 0 Å². The maximum Gasteiger partial charge on any atom is 0.307 e. The van der Waals surface area contributed by atoms with Crippen molar-refractivity contribution in [2.75, 3.05) is 11.5 Å². The fourth-order valence-corrected chi connectivity index (χ4v) is 1.47. The van der Waals surface area contributed by atoms with Crippen LogP contribution in [-0.4, -0.2) is 34.4 Å². The van der Waals surface area contributed by atoms with E-state index >= 15 is 0 Å². The molecule has 0 saturated carbocycles. The number of thioether (sulfide) groups is 1. The lowest BCUT2D eigenvalue weighted by atomic mass is 10.2. The molecule has 7 heteroatoms. The Hall–Kier alpha value is -1.24. The molecule has 0 aliphatic heterocycles. The van der Waals surface area contributed by atoms with Crippen molar-refractivity contribution in [1.82, 2.24) is 10.9 Å². The lowest BCUT2D eigenvalue weighted by Gasteiger charge is -2.06. The number of hydrogen-bond acceptors (Lipinski definition) is 4. The largest absolute Gasteiger partial charge is 0.481 e. The number of amides is 2. The minimum Gasteiger partial charge on any atom is -0.481 e. The molecule has 86 valence electrons. The molecule has 0 aliphatic rings. The molecule has 1 unspecified atom stereocenters. The van der Waals surface area contributed by atoms with Gasteiger partial charge in [-0.2, -0.15) is 11.8 Å². The normalized spacial score (nSPS) is 11.6. The zero-order valence-electron chi connectivity index (χ0n) is 8.57. The van der Waals surface area contributed by atoms with Crippen LogP contribution in [-0.2, 0) is 14.4 Å². The van der Waals surface area contributed by atoms with Crippen molar-refractivity contribution >= 4 is 29.5 Å². The Morgan fingerprint density at radius 2 is 1.93 bits per heavy atom. The van der Waals surface area contributed by atoms with Crippen molar-refractivity contribution in [2.45, 2.75) is 13.8 Å². The third-order valence-electron chi connectivity index (χ3n) is 1.40. The molecule has 2 amide bonds. The van der Waals surface area contributed by atoms with E-state index in [0.717, 1.165) is 0 Å². The average Bonchev–Trinajstić information content (AvgIpc) is 2.14. The van der Waals surface area contributed by atoms with Crippen LogP contribution in [0.1, 0.15) is 13.8 Å². The van der Waals surface area contributed by atoms with Gasteiger partial charge in [-0.1, -0.05) is 6.92 Å². The predicted molar refractivity (Wildman–Crippen MR) is 56.1 cm³/mol. The highest BCUT2D eigenvalue weighted by Crippen LogP contribution is 2.07. The lowest BCUT2D eigenvalue weighted by molar-refractivity contribution is -0.140. The van der Waals surface area contributed by atoms with Crippen molar-refractivity contribution in [3.63, 3.8) is 0 Å². The van der Waals surface area contributed by atoms with Gasteiger partial charge in [-0.05, 0) is 0 Å². The van der Waals surface area contributed by atoms with Crippen molar-refractivity contribution in [3.8, 4) is 0 Å². The van der Waals surface area contributed by atoms with Crippen LogP contribution in [0.5, 0.6) is 0 Å². The molecule has 0 heterocycles. The highest BCUT2D eigenvalue weighted by molar-refractivity contribution is 7.99. The third kappa shape index (κ3) is 7.80. The van der Waals surface area contributed by atoms with Crippen LogP contribution in [0.3, 0.4) is 0 Å². The molecule has 6 nitrogen and oxygen atoms in total. The maximum atomic E-state index is 11.0. The zero-order chi connectivity index (χ0) is 11.8. The molecule has 15 heavy (non-hydrogen) atoms. The van der Waals surface area contributed by atoms with Gasteiger partial charge in [0, 0.05) is 12.7 Å². The van der Waals surface area contributed by atoms with Gasteiger partial charge in [0.2, 0.25) is 11.8 Å². The van der Waals surface area contributed by atoms with Gasteiger partial charge < -0.3 is 5.11 Å². The molecule has 1 atom stereocenters. The Morgan fingerprint density at radius 3 is 2.40 bits per heavy atom. The number of nitrogens with one attached hydrogen (secondary N) is 2. The predicted octanol–water partition coefficient (Wildman–Crippen LogP) is -0.392. The van der Waals surface area contributed by atoms with Gasteiger partial charge in [-0.15, -0.1) is 0 Å². The number of aliphatic carboxylic acids is 1. The summed E-state index contributed by atoms with van der Waals surface area (Å²) < 4.78 is 0. The van der Waals surface area contributed by atoms with Crippen LogP contribution in [0.15, 0.2) is 0 Å². The molecule has 0 saturated heterocycles. The summed E-state index contributed by atoms with van der Waals surface area (Å²) in [6, 6.07) is 0. The van der Waals surface area contributed by atoms with Crippen LogP contribution in [0.2, 0.25) is 0 Å². The fraction of sp³-hybridized carbons (Fsp3) is 0.625. The Labute approximate surface area is 91.8 Å². The molecule has 0 aromatic heterocycles. The average molecular weight is 234 g/mol. The summed E-state index contributed by atoms with van der Waals surface area (Å²) in [5.41, 5.74) is 4.32. The fourth-order valence-electron chi connectivity index (χ4n) is 0.593. The number of carbonyl (C=O) groups is 3. The molecule has 0 aromatic rings. The van der Waals surface area contributed by atoms with E-state index in [9.17, 15) is 14.4 Å². The second kappa shape index (κ2) is 7.10. The maximum absolute atomic E-state index is 11.0. The van der Waals surface area contributed by atoms with Gasteiger partial charge in [0.05, 0.1) is 11.7 Å². The Balaban J connectivity index is 3.55. The monoisotopic (exact) mass is 234 g/mol. The first-order chi connectivity index (χ1) is 6.93. The van der Waals surface area contributed by atoms with E-state index in [0.29, 0.717) is 5.75 Å². The summed E-state index contributed by atoms with van der Waals surface area (Å²) in [7, 11) is 0. The Morgan fingerprint density at radius 1 is 1.33 bits per heavy atom. The highest BCUT2D eigenvalue weighted by Gasteiger charge is 2.11. The minimum atomic E-state index is -0.884. The molecule has 0 spiro atoms. The molecular formula is C8H14N2O4S. The quantitative estimate of drug-likeness (QED) is 0.563. The van der Waals surface area contributed by atoms with Crippen LogP contribution in [0, 0.1) is 5.92 Å². The summed E-state index contributed by atoms with van der Waals surface area (Å²) in [6.07, 6.45) is 0. The van der Waals surface area contributed by atoms with E-state index in [4.69, 9.17) is 5.11 Å². The van der Waals surface area contributed by atoms with E-state index in [1.165, 1.54) is 18.7 Å². The highest BCUT2D eigenvalue weighted by atomic mass is 32.2.